The minimum Gasteiger partial charge on any atom is -0.462 e. The lowest BCUT2D eigenvalue weighted by atomic mass is 10.1. The number of benzene rings is 2. The molecule has 2 aromatic rings. The second-order valence-electron chi connectivity index (χ2n) is 6.46. The molecule has 2 aromatic carbocycles. The van der Waals surface area contributed by atoms with Gasteiger partial charge in [-0.25, -0.2) is 9.69 Å². The van der Waals surface area contributed by atoms with Gasteiger partial charge in [0.2, 0.25) is 5.91 Å². The molecule has 1 heterocycles. The first-order valence-corrected chi connectivity index (χ1v) is 8.89. The Morgan fingerprint density at radius 2 is 1.78 bits per heavy atom. The minimum atomic E-state index is -0.498. The summed E-state index contributed by atoms with van der Waals surface area (Å²) in [6, 6.07) is 15.6. The number of esters is 1. The van der Waals surface area contributed by atoms with E-state index in [9.17, 15) is 14.4 Å². The molecule has 1 aliphatic rings. The van der Waals surface area contributed by atoms with Gasteiger partial charge in [-0.3, -0.25) is 14.5 Å². The molecule has 1 aliphatic heterocycles. The molecule has 0 unspecified atom stereocenters. The van der Waals surface area contributed by atoms with Crippen LogP contribution in [0.2, 0.25) is 0 Å². The number of carbonyl (C=O) groups is 3. The second-order valence-corrected chi connectivity index (χ2v) is 6.46. The molecule has 1 fully saturated rings. The Morgan fingerprint density at radius 3 is 2.41 bits per heavy atom. The zero-order valence-corrected chi connectivity index (χ0v) is 15.4. The molecule has 6 heteroatoms. The number of hydrogen-bond acceptors (Lipinski definition) is 5. The fraction of sp³-hybridized carbons (Fsp3) is 0.286. The van der Waals surface area contributed by atoms with Crippen molar-refractivity contribution >= 4 is 23.5 Å². The maximum Gasteiger partial charge on any atom is 0.338 e. The van der Waals surface area contributed by atoms with Crippen molar-refractivity contribution in [1.82, 2.24) is 4.90 Å². The van der Waals surface area contributed by atoms with Crippen LogP contribution in [0.4, 0.5) is 5.69 Å². The van der Waals surface area contributed by atoms with E-state index in [2.05, 4.69) is 0 Å². The lowest BCUT2D eigenvalue weighted by Crippen LogP contribution is -2.39. The lowest BCUT2D eigenvalue weighted by Gasteiger charge is -2.23. The Hall–Kier alpha value is -2.99. The minimum absolute atomic E-state index is 0.141. The summed E-state index contributed by atoms with van der Waals surface area (Å²) in [6.07, 6.45) is 0.141. The van der Waals surface area contributed by atoms with Gasteiger partial charge in [0.05, 0.1) is 30.3 Å². The number of imide groups is 1. The predicted molar refractivity (Wildman–Crippen MR) is 101 cm³/mol. The second kappa shape index (κ2) is 8.14. The van der Waals surface area contributed by atoms with E-state index < -0.39 is 12.0 Å². The van der Waals surface area contributed by atoms with Gasteiger partial charge in [-0.1, -0.05) is 30.3 Å². The number of nitrogens with zero attached hydrogens (tertiary/aromatic N) is 2. The van der Waals surface area contributed by atoms with E-state index in [1.54, 1.807) is 31.2 Å². The maximum atomic E-state index is 12.8. The monoisotopic (exact) mass is 366 g/mol. The third-order valence-electron chi connectivity index (χ3n) is 4.57. The topological polar surface area (TPSA) is 66.9 Å². The Bertz CT molecular complexity index is 833. The van der Waals surface area contributed by atoms with Gasteiger partial charge in [-0.2, -0.15) is 0 Å². The van der Waals surface area contributed by atoms with E-state index in [-0.39, 0.29) is 18.2 Å². The number of hydrogen-bond donors (Lipinski definition) is 0. The van der Waals surface area contributed by atoms with Crippen LogP contribution in [-0.2, 0) is 20.9 Å². The largest absolute Gasteiger partial charge is 0.462 e. The summed E-state index contributed by atoms with van der Waals surface area (Å²) in [5.41, 5.74) is 1.93. The Kier molecular flexibility index (Phi) is 5.66. The first kappa shape index (κ1) is 18.8. The zero-order chi connectivity index (χ0) is 19.4. The molecule has 1 saturated heterocycles. The molecular formula is C21H22N2O4. The molecule has 1 atom stereocenters. The van der Waals surface area contributed by atoms with Crippen LogP contribution in [0, 0.1) is 0 Å². The zero-order valence-electron chi connectivity index (χ0n) is 15.4. The Labute approximate surface area is 158 Å². The molecule has 140 valence electrons. The van der Waals surface area contributed by atoms with Crippen LogP contribution < -0.4 is 4.90 Å². The van der Waals surface area contributed by atoms with Crippen molar-refractivity contribution in [3.05, 3.63) is 65.7 Å². The van der Waals surface area contributed by atoms with Crippen LogP contribution in [0.5, 0.6) is 0 Å². The van der Waals surface area contributed by atoms with E-state index in [0.717, 1.165) is 5.56 Å². The quantitative estimate of drug-likeness (QED) is 0.581. The summed E-state index contributed by atoms with van der Waals surface area (Å²) < 4.78 is 4.95. The van der Waals surface area contributed by atoms with Crippen molar-refractivity contribution in [3.63, 3.8) is 0 Å². The van der Waals surface area contributed by atoms with Crippen LogP contribution in [0.3, 0.4) is 0 Å². The first-order valence-electron chi connectivity index (χ1n) is 8.89. The number of carbonyl (C=O) groups excluding carboxylic acids is 3. The van der Waals surface area contributed by atoms with E-state index in [1.165, 1.54) is 4.90 Å². The van der Waals surface area contributed by atoms with Crippen LogP contribution in [0.25, 0.3) is 0 Å². The molecule has 3 rings (SSSR count). The third-order valence-corrected chi connectivity index (χ3v) is 4.57. The molecule has 27 heavy (non-hydrogen) atoms. The summed E-state index contributed by atoms with van der Waals surface area (Å²) in [4.78, 5) is 40.1. The van der Waals surface area contributed by atoms with Gasteiger partial charge < -0.3 is 4.74 Å². The van der Waals surface area contributed by atoms with Crippen LogP contribution in [-0.4, -0.2) is 42.4 Å². The standard InChI is InChI=1S/C21H22N2O4/c1-3-27-21(26)16-9-11-17(12-10-16)23-19(24)13-18(20(23)25)22(2)14-15-7-5-4-6-8-15/h4-12,18H,3,13-14H2,1-2H3/t18-/m1/s1. The molecule has 0 radical (unpaired) electrons. The van der Waals surface area contributed by atoms with Crippen molar-refractivity contribution in [3.8, 4) is 0 Å². The highest BCUT2D eigenvalue weighted by Crippen LogP contribution is 2.26. The number of ether oxygens (including phenoxy) is 1. The number of likely N-dealkylation sites (N-methyl/N-ethyl adjacent to an activating group) is 1. The molecule has 0 bridgehead atoms. The molecule has 2 amide bonds. The van der Waals surface area contributed by atoms with Crippen molar-refractivity contribution in [2.45, 2.75) is 25.9 Å². The van der Waals surface area contributed by atoms with E-state index >= 15 is 0 Å². The van der Waals surface area contributed by atoms with Gasteiger partial charge in [0, 0.05) is 6.54 Å². The maximum absolute atomic E-state index is 12.8. The molecule has 0 spiro atoms. The normalized spacial score (nSPS) is 16.9. The first-order chi connectivity index (χ1) is 13.0. The van der Waals surface area contributed by atoms with E-state index in [0.29, 0.717) is 24.4 Å². The van der Waals surface area contributed by atoms with Gasteiger partial charge >= 0.3 is 5.97 Å². The summed E-state index contributed by atoms with van der Waals surface area (Å²) in [7, 11) is 1.84. The van der Waals surface area contributed by atoms with Crippen molar-refractivity contribution in [1.29, 1.82) is 0 Å². The third kappa shape index (κ3) is 4.06. The Morgan fingerprint density at radius 1 is 1.11 bits per heavy atom. The van der Waals surface area contributed by atoms with Gasteiger partial charge in [0.25, 0.3) is 5.91 Å². The fourth-order valence-electron chi connectivity index (χ4n) is 3.17. The summed E-state index contributed by atoms with van der Waals surface area (Å²) in [5, 5.41) is 0. The fourth-order valence-corrected chi connectivity index (χ4v) is 3.17. The van der Waals surface area contributed by atoms with Crippen LogP contribution in [0.1, 0.15) is 29.3 Å². The number of anilines is 1. The molecule has 0 saturated carbocycles. The summed E-state index contributed by atoms with van der Waals surface area (Å²) in [6.45, 7) is 2.61. The molecule has 0 aromatic heterocycles. The SMILES string of the molecule is CCOC(=O)c1ccc(N2C(=O)C[C@@H](N(C)Cc3ccccc3)C2=O)cc1. The van der Waals surface area contributed by atoms with E-state index in [4.69, 9.17) is 4.74 Å². The van der Waals surface area contributed by atoms with Crippen molar-refractivity contribution in [2.24, 2.45) is 0 Å². The molecular weight excluding hydrogens is 344 g/mol. The molecule has 0 N–H and O–H groups in total. The van der Waals surface area contributed by atoms with Crippen LogP contribution in [0.15, 0.2) is 54.6 Å². The van der Waals surface area contributed by atoms with Crippen LogP contribution >= 0.6 is 0 Å². The van der Waals surface area contributed by atoms with E-state index in [1.807, 2.05) is 42.3 Å². The highest BCUT2D eigenvalue weighted by molar-refractivity contribution is 6.22. The summed E-state index contributed by atoms with van der Waals surface area (Å²) >= 11 is 0. The van der Waals surface area contributed by atoms with Gasteiger partial charge in [0.15, 0.2) is 0 Å². The molecule has 6 nitrogen and oxygen atoms in total. The highest BCUT2D eigenvalue weighted by atomic mass is 16.5. The Balaban J connectivity index is 1.73. The average molecular weight is 366 g/mol. The average Bonchev–Trinajstić information content (AvgIpc) is 2.97. The highest BCUT2D eigenvalue weighted by Gasteiger charge is 2.41. The van der Waals surface area contributed by atoms with Gasteiger partial charge in [-0.15, -0.1) is 0 Å². The summed E-state index contributed by atoms with van der Waals surface area (Å²) in [5.74, 6) is -0.917. The molecule has 0 aliphatic carbocycles. The predicted octanol–water partition coefficient (Wildman–Crippen LogP) is 2.63. The van der Waals surface area contributed by atoms with Crippen molar-refractivity contribution < 1.29 is 19.1 Å². The van der Waals surface area contributed by atoms with Gasteiger partial charge in [0.1, 0.15) is 0 Å². The lowest BCUT2D eigenvalue weighted by molar-refractivity contribution is -0.122. The number of amides is 2. The smallest absolute Gasteiger partial charge is 0.338 e. The number of rotatable bonds is 6. The van der Waals surface area contributed by atoms with Crippen molar-refractivity contribution in [2.75, 3.05) is 18.6 Å². The van der Waals surface area contributed by atoms with Gasteiger partial charge in [-0.05, 0) is 43.8 Å².